The molecule has 0 radical (unpaired) electrons. The van der Waals surface area contributed by atoms with Crippen LogP contribution in [0.2, 0.25) is 0 Å². The first-order valence-corrected chi connectivity index (χ1v) is 9.10. The van der Waals surface area contributed by atoms with Gasteiger partial charge in [-0.25, -0.2) is 4.99 Å². The number of rotatable bonds is 12. The van der Waals surface area contributed by atoms with E-state index in [2.05, 4.69) is 22.5 Å². The van der Waals surface area contributed by atoms with E-state index in [1.165, 1.54) is 0 Å². The number of unbranched alkanes of at least 4 members (excludes halogenated alkanes) is 1. The van der Waals surface area contributed by atoms with Crippen LogP contribution in [0.4, 0.5) is 0 Å². The zero-order valence-corrected chi connectivity index (χ0v) is 18.7. The Morgan fingerprint density at radius 1 is 1.15 bits per heavy atom. The Balaban J connectivity index is 0.00000625. The van der Waals surface area contributed by atoms with E-state index < -0.39 is 0 Å². The molecule has 0 aromatic heterocycles. The summed E-state index contributed by atoms with van der Waals surface area (Å²) >= 11 is 0. The molecule has 26 heavy (non-hydrogen) atoms. The number of halogens is 1. The molecule has 1 aromatic carbocycles. The molecule has 0 saturated carbocycles. The number of nitrogens with zero attached hydrogens (tertiary/aromatic N) is 1. The molecule has 6 nitrogen and oxygen atoms in total. The minimum Gasteiger partial charge on any atom is -0.497 e. The second-order valence-corrected chi connectivity index (χ2v) is 5.66. The fourth-order valence-corrected chi connectivity index (χ4v) is 2.19. The van der Waals surface area contributed by atoms with E-state index in [4.69, 9.17) is 14.2 Å². The van der Waals surface area contributed by atoms with Crippen molar-refractivity contribution in [1.82, 2.24) is 10.6 Å². The summed E-state index contributed by atoms with van der Waals surface area (Å²) < 4.78 is 16.4. The van der Waals surface area contributed by atoms with Crippen molar-refractivity contribution >= 4 is 29.9 Å². The number of nitrogens with one attached hydrogen (secondary N) is 2. The molecule has 1 unspecified atom stereocenters. The SMILES string of the molecule is CCNC(=NCC(C)Oc1cccc(OC)c1)NCCCCOCC.I. The molecule has 7 heteroatoms. The molecule has 1 rings (SSSR count). The van der Waals surface area contributed by atoms with Gasteiger partial charge in [-0.15, -0.1) is 24.0 Å². The third kappa shape index (κ3) is 11.4. The van der Waals surface area contributed by atoms with E-state index in [1.54, 1.807) is 7.11 Å². The van der Waals surface area contributed by atoms with Gasteiger partial charge < -0.3 is 24.8 Å². The molecular weight excluding hydrogens is 445 g/mol. The largest absolute Gasteiger partial charge is 0.497 e. The summed E-state index contributed by atoms with van der Waals surface area (Å²) in [7, 11) is 1.65. The van der Waals surface area contributed by atoms with Crippen molar-refractivity contribution in [3.8, 4) is 11.5 Å². The molecule has 1 aromatic rings. The predicted molar refractivity (Wildman–Crippen MR) is 118 cm³/mol. The van der Waals surface area contributed by atoms with Crippen molar-refractivity contribution in [2.45, 2.75) is 39.7 Å². The fraction of sp³-hybridized carbons (Fsp3) is 0.632. The van der Waals surface area contributed by atoms with Crippen LogP contribution in [-0.4, -0.2) is 52.0 Å². The molecule has 1 atom stereocenters. The highest BCUT2D eigenvalue weighted by atomic mass is 127. The van der Waals surface area contributed by atoms with Gasteiger partial charge in [0.25, 0.3) is 0 Å². The third-order valence-electron chi connectivity index (χ3n) is 3.44. The molecule has 0 fully saturated rings. The van der Waals surface area contributed by atoms with E-state index in [1.807, 2.05) is 38.1 Å². The summed E-state index contributed by atoms with van der Waals surface area (Å²) in [5.41, 5.74) is 0. The summed E-state index contributed by atoms with van der Waals surface area (Å²) in [4.78, 5) is 4.59. The van der Waals surface area contributed by atoms with E-state index >= 15 is 0 Å². The van der Waals surface area contributed by atoms with Crippen LogP contribution in [0.15, 0.2) is 29.3 Å². The number of aliphatic imine (C=N–C) groups is 1. The van der Waals surface area contributed by atoms with Crippen molar-refractivity contribution in [2.24, 2.45) is 4.99 Å². The van der Waals surface area contributed by atoms with Gasteiger partial charge >= 0.3 is 0 Å². The monoisotopic (exact) mass is 479 g/mol. The van der Waals surface area contributed by atoms with E-state index in [0.29, 0.717) is 6.54 Å². The van der Waals surface area contributed by atoms with E-state index in [-0.39, 0.29) is 30.1 Å². The molecule has 0 heterocycles. The fourth-order valence-electron chi connectivity index (χ4n) is 2.19. The van der Waals surface area contributed by atoms with Gasteiger partial charge in [0.15, 0.2) is 5.96 Å². The van der Waals surface area contributed by atoms with Crippen LogP contribution in [0.3, 0.4) is 0 Å². The smallest absolute Gasteiger partial charge is 0.191 e. The van der Waals surface area contributed by atoms with Crippen LogP contribution < -0.4 is 20.1 Å². The molecular formula is C19H34IN3O3. The first-order valence-electron chi connectivity index (χ1n) is 9.10. The lowest BCUT2D eigenvalue weighted by Crippen LogP contribution is -2.38. The molecule has 0 bridgehead atoms. The summed E-state index contributed by atoms with van der Waals surface area (Å²) in [5.74, 6) is 2.39. The molecule has 0 aliphatic carbocycles. The Kier molecular flexibility index (Phi) is 15.2. The first-order chi connectivity index (χ1) is 12.2. The highest BCUT2D eigenvalue weighted by Crippen LogP contribution is 2.19. The predicted octanol–water partition coefficient (Wildman–Crippen LogP) is 3.45. The summed E-state index contributed by atoms with van der Waals surface area (Å²) in [5, 5.41) is 6.60. The average Bonchev–Trinajstić information content (AvgIpc) is 2.62. The highest BCUT2D eigenvalue weighted by Gasteiger charge is 2.05. The van der Waals surface area contributed by atoms with E-state index in [0.717, 1.165) is 56.6 Å². The Labute approximate surface area is 175 Å². The molecule has 0 aliphatic rings. The summed E-state index contributed by atoms with van der Waals surface area (Å²) in [6, 6.07) is 7.61. The van der Waals surface area contributed by atoms with Crippen molar-refractivity contribution in [2.75, 3.05) is 40.0 Å². The Morgan fingerprint density at radius 3 is 2.62 bits per heavy atom. The molecule has 0 aliphatic heterocycles. The maximum atomic E-state index is 5.90. The zero-order valence-electron chi connectivity index (χ0n) is 16.4. The van der Waals surface area contributed by atoms with Gasteiger partial charge in [0.2, 0.25) is 0 Å². The molecule has 2 N–H and O–H groups in total. The maximum absolute atomic E-state index is 5.90. The number of methoxy groups -OCH3 is 1. The lowest BCUT2D eigenvalue weighted by molar-refractivity contribution is 0.143. The van der Waals surface area contributed by atoms with Gasteiger partial charge in [-0.05, 0) is 45.7 Å². The first kappa shape index (κ1) is 24.8. The number of hydrogen-bond acceptors (Lipinski definition) is 4. The molecule has 0 saturated heterocycles. The summed E-state index contributed by atoms with van der Waals surface area (Å²) in [6.07, 6.45) is 2.08. The zero-order chi connectivity index (χ0) is 18.3. The minimum absolute atomic E-state index is 0. The Hall–Kier alpha value is -1.22. The second-order valence-electron chi connectivity index (χ2n) is 5.66. The van der Waals surface area contributed by atoms with Crippen molar-refractivity contribution in [1.29, 1.82) is 0 Å². The van der Waals surface area contributed by atoms with Gasteiger partial charge in [0, 0.05) is 32.4 Å². The number of benzene rings is 1. The van der Waals surface area contributed by atoms with Crippen LogP contribution >= 0.6 is 24.0 Å². The highest BCUT2D eigenvalue weighted by molar-refractivity contribution is 14.0. The molecule has 150 valence electrons. The van der Waals surface area contributed by atoms with Gasteiger partial charge in [0.1, 0.15) is 17.6 Å². The topological polar surface area (TPSA) is 64.1 Å². The van der Waals surface area contributed by atoms with Gasteiger partial charge in [-0.3, -0.25) is 0 Å². The van der Waals surface area contributed by atoms with Crippen molar-refractivity contribution in [3.63, 3.8) is 0 Å². The molecule has 0 spiro atoms. The van der Waals surface area contributed by atoms with Crippen molar-refractivity contribution < 1.29 is 14.2 Å². The Morgan fingerprint density at radius 2 is 1.92 bits per heavy atom. The van der Waals surface area contributed by atoms with Crippen LogP contribution in [0, 0.1) is 0 Å². The van der Waals surface area contributed by atoms with Gasteiger partial charge in [0.05, 0.1) is 13.7 Å². The standard InChI is InChI=1S/C19H33N3O3.HI/c1-5-20-19(21-12-7-8-13-24-6-2)22-15-16(3)25-18-11-9-10-17(14-18)23-4;/h9-11,14,16H,5-8,12-13,15H2,1-4H3,(H2,20,21,22);1H. The van der Waals surface area contributed by atoms with Crippen LogP contribution in [0.5, 0.6) is 11.5 Å². The minimum atomic E-state index is -0.0273. The van der Waals surface area contributed by atoms with Crippen LogP contribution in [-0.2, 0) is 4.74 Å². The Bertz CT molecular complexity index is 501. The van der Waals surface area contributed by atoms with Gasteiger partial charge in [-0.1, -0.05) is 6.07 Å². The van der Waals surface area contributed by atoms with Crippen molar-refractivity contribution in [3.05, 3.63) is 24.3 Å². The number of hydrogen-bond donors (Lipinski definition) is 2. The quantitative estimate of drug-likeness (QED) is 0.208. The number of guanidine groups is 1. The summed E-state index contributed by atoms with van der Waals surface area (Å²) in [6.45, 7) is 9.96. The normalized spacial score (nSPS) is 12.1. The second kappa shape index (κ2) is 16.0. The maximum Gasteiger partial charge on any atom is 0.191 e. The lowest BCUT2D eigenvalue weighted by Gasteiger charge is -2.15. The average molecular weight is 479 g/mol. The van der Waals surface area contributed by atoms with E-state index in [9.17, 15) is 0 Å². The van der Waals surface area contributed by atoms with Crippen LogP contribution in [0.25, 0.3) is 0 Å². The van der Waals surface area contributed by atoms with Crippen LogP contribution in [0.1, 0.15) is 33.6 Å². The number of ether oxygens (including phenoxy) is 3. The third-order valence-corrected chi connectivity index (χ3v) is 3.44. The lowest BCUT2D eigenvalue weighted by atomic mass is 10.3. The van der Waals surface area contributed by atoms with Gasteiger partial charge in [-0.2, -0.15) is 0 Å². The molecule has 0 amide bonds.